The molecule has 7 nitrogen and oxygen atoms in total. The molecule has 5 unspecified atom stereocenters. The molecule has 1 aromatic rings. The Morgan fingerprint density at radius 1 is 1.19 bits per heavy atom. The lowest BCUT2D eigenvalue weighted by molar-refractivity contribution is -0.149. The van der Waals surface area contributed by atoms with Gasteiger partial charge in [0.1, 0.15) is 6.04 Å². The predicted molar refractivity (Wildman–Crippen MR) is 101 cm³/mol. The highest BCUT2D eigenvalue weighted by molar-refractivity contribution is 6.09. The number of nitrogens with one attached hydrogen (secondary N) is 1. The van der Waals surface area contributed by atoms with E-state index in [-0.39, 0.29) is 42.3 Å². The van der Waals surface area contributed by atoms with Crippen LogP contribution in [0.3, 0.4) is 0 Å². The van der Waals surface area contributed by atoms with Crippen LogP contribution in [0.4, 0.5) is 5.69 Å². The first kappa shape index (κ1) is 19.6. The monoisotopic (exact) mass is 393 g/mol. The molecule has 3 heterocycles. The van der Waals surface area contributed by atoms with Crippen molar-refractivity contribution in [1.29, 1.82) is 0 Å². The summed E-state index contributed by atoms with van der Waals surface area (Å²) in [6.45, 7) is 2.04. The van der Waals surface area contributed by atoms with E-state index < -0.39 is 17.9 Å². The van der Waals surface area contributed by atoms with E-state index in [0.29, 0.717) is 18.7 Å². The Labute approximate surface area is 164 Å². The van der Waals surface area contributed by atoms with E-state index in [1.54, 1.807) is 6.92 Å². The van der Waals surface area contributed by atoms with Crippen molar-refractivity contribution in [2.75, 3.05) is 12.3 Å². The third-order valence-electron chi connectivity index (χ3n) is 5.78. The van der Waals surface area contributed by atoms with E-state index in [0.717, 1.165) is 23.3 Å². The molecule has 0 aliphatic carbocycles. The number of carbonyl (C=O) groups excluding carboxylic acids is 3. The number of benzene rings is 1. The van der Waals surface area contributed by atoms with Crippen molar-refractivity contribution in [2.24, 2.45) is 11.8 Å². The van der Waals surface area contributed by atoms with Gasteiger partial charge >= 0.3 is 0 Å². The molecule has 5 atom stereocenters. The Balaban J connectivity index is 0.00000210. The Bertz CT molecular complexity index is 726. The minimum atomic E-state index is -0.800. The molecular formula is C19H24ClN3O4. The number of nitrogens with zero attached hydrogens (tertiary/aromatic N) is 1. The van der Waals surface area contributed by atoms with Gasteiger partial charge in [0.15, 0.2) is 0 Å². The molecule has 4 rings (SSSR count). The highest BCUT2D eigenvalue weighted by Crippen LogP contribution is 2.48. The molecule has 3 amide bonds. The first-order chi connectivity index (χ1) is 12.5. The van der Waals surface area contributed by atoms with Crippen LogP contribution in [0.15, 0.2) is 24.3 Å². The predicted octanol–water partition coefficient (Wildman–Crippen LogP) is 0.900. The topological polar surface area (TPSA) is 102 Å². The van der Waals surface area contributed by atoms with Crippen LogP contribution in [0.25, 0.3) is 0 Å². The van der Waals surface area contributed by atoms with Crippen molar-refractivity contribution in [3.8, 4) is 0 Å². The maximum Gasteiger partial charge on any atom is 0.243 e. The molecule has 0 spiro atoms. The average Bonchev–Trinajstić information content (AvgIpc) is 3.30. The van der Waals surface area contributed by atoms with Crippen LogP contribution >= 0.6 is 12.4 Å². The number of imide groups is 1. The second kappa shape index (κ2) is 7.48. The van der Waals surface area contributed by atoms with Crippen molar-refractivity contribution in [3.63, 3.8) is 0 Å². The number of fused-ring (bicyclic) bond motifs is 5. The number of hydrogen-bond donors (Lipinski definition) is 2. The highest BCUT2D eigenvalue weighted by Gasteiger charge is 2.63. The van der Waals surface area contributed by atoms with Crippen LogP contribution in [0.5, 0.6) is 0 Å². The number of amides is 3. The minimum absolute atomic E-state index is 0. The second-order valence-corrected chi connectivity index (χ2v) is 7.35. The number of rotatable bonds is 5. The zero-order chi connectivity index (χ0) is 18.4. The van der Waals surface area contributed by atoms with E-state index in [1.165, 1.54) is 0 Å². The normalized spacial score (nSPS) is 29.4. The lowest BCUT2D eigenvalue weighted by Gasteiger charge is -2.23. The maximum atomic E-state index is 12.7. The molecule has 1 aromatic carbocycles. The van der Waals surface area contributed by atoms with Crippen LogP contribution in [0.1, 0.15) is 25.3 Å². The third kappa shape index (κ3) is 3.30. The molecule has 0 saturated carbocycles. The fraction of sp³-hybridized carbons (Fsp3) is 0.526. The Hall–Kier alpha value is -2.12. The summed E-state index contributed by atoms with van der Waals surface area (Å²) in [6.07, 6.45) is 1.98. The number of likely N-dealkylation sites (tertiary alicyclic amines) is 1. The number of halogens is 1. The van der Waals surface area contributed by atoms with Gasteiger partial charge in [0, 0.05) is 12.2 Å². The lowest BCUT2D eigenvalue weighted by Crippen LogP contribution is -2.49. The third-order valence-corrected chi connectivity index (χ3v) is 5.78. The van der Waals surface area contributed by atoms with E-state index in [9.17, 15) is 14.4 Å². The summed E-state index contributed by atoms with van der Waals surface area (Å²) < 4.78 is 5.71. The van der Waals surface area contributed by atoms with Crippen LogP contribution in [0, 0.1) is 11.8 Å². The quantitative estimate of drug-likeness (QED) is 0.571. The molecule has 3 N–H and O–H groups in total. The van der Waals surface area contributed by atoms with Gasteiger partial charge in [-0.1, -0.05) is 12.1 Å². The molecule has 27 heavy (non-hydrogen) atoms. The number of ether oxygens (including phenoxy) is 1. The summed E-state index contributed by atoms with van der Waals surface area (Å²) in [7, 11) is 0. The van der Waals surface area contributed by atoms with E-state index in [4.69, 9.17) is 10.5 Å². The first-order valence-electron chi connectivity index (χ1n) is 9.12. The number of hydrogen-bond acceptors (Lipinski definition) is 5. The number of anilines is 1. The van der Waals surface area contributed by atoms with Crippen molar-refractivity contribution in [1.82, 2.24) is 10.2 Å². The molecule has 0 radical (unpaired) electrons. The minimum Gasteiger partial charge on any atom is -0.399 e. The first-order valence-corrected chi connectivity index (χ1v) is 9.12. The van der Waals surface area contributed by atoms with Gasteiger partial charge in [-0.2, -0.15) is 0 Å². The van der Waals surface area contributed by atoms with Gasteiger partial charge in [0.25, 0.3) is 0 Å². The van der Waals surface area contributed by atoms with Gasteiger partial charge in [-0.05, 0) is 43.9 Å². The summed E-state index contributed by atoms with van der Waals surface area (Å²) in [5.41, 5.74) is 7.41. The van der Waals surface area contributed by atoms with Gasteiger partial charge in [0.05, 0.1) is 24.0 Å². The van der Waals surface area contributed by atoms with Crippen molar-refractivity contribution >= 4 is 35.8 Å². The maximum absolute atomic E-state index is 12.7. The molecular weight excluding hydrogens is 370 g/mol. The standard InChI is InChI=1S/C19H23N3O4.ClH/c1-10(17(23)21-9-8-11-2-4-12(20)5-3-11)22-18(24)15-13-6-7-14(26-13)16(15)19(22)25;/h2-5,10,13-16H,6-9,20H2,1H3,(H,21,23);1H. The number of carbonyl (C=O) groups is 3. The van der Waals surface area contributed by atoms with Crippen LogP contribution in [0.2, 0.25) is 0 Å². The van der Waals surface area contributed by atoms with Gasteiger partial charge in [-0.15, -0.1) is 12.4 Å². The van der Waals surface area contributed by atoms with Gasteiger partial charge in [-0.25, -0.2) is 0 Å². The largest absolute Gasteiger partial charge is 0.399 e. The molecule has 3 aliphatic rings. The molecule has 0 aromatic heterocycles. The zero-order valence-electron chi connectivity index (χ0n) is 15.1. The van der Waals surface area contributed by atoms with Crippen LogP contribution in [-0.2, 0) is 25.5 Å². The van der Waals surface area contributed by atoms with Crippen LogP contribution in [-0.4, -0.2) is 47.4 Å². The molecule has 146 valence electrons. The number of nitrogen functional groups attached to an aromatic ring is 1. The molecule has 3 fully saturated rings. The van der Waals surface area contributed by atoms with E-state index in [1.807, 2.05) is 24.3 Å². The van der Waals surface area contributed by atoms with Gasteiger partial charge in [-0.3, -0.25) is 19.3 Å². The van der Waals surface area contributed by atoms with Gasteiger partial charge in [0.2, 0.25) is 17.7 Å². The molecule has 8 heteroatoms. The van der Waals surface area contributed by atoms with Crippen LogP contribution < -0.4 is 11.1 Å². The molecule has 3 saturated heterocycles. The molecule has 2 bridgehead atoms. The number of nitrogens with two attached hydrogens (primary N) is 1. The Kier molecular flexibility index (Phi) is 5.44. The summed E-state index contributed by atoms with van der Waals surface area (Å²) in [5.74, 6) is -1.62. The fourth-order valence-corrected chi connectivity index (χ4v) is 4.40. The Morgan fingerprint density at radius 3 is 2.30 bits per heavy atom. The summed E-state index contributed by atoms with van der Waals surface area (Å²) in [6, 6.07) is 6.66. The highest BCUT2D eigenvalue weighted by atomic mass is 35.5. The van der Waals surface area contributed by atoms with Crippen molar-refractivity contribution in [3.05, 3.63) is 29.8 Å². The van der Waals surface area contributed by atoms with Gasteiger partial charge < -0.3 is 15.8 Å². The molecule has 3 aliphatic heterocycles. The van der Waals surface area contributed by atoms with Crippen molar-refractivity contribution in [2.45, 2.75) is 44.4 Å². The fourth-order valence-electron chi connectivity index (χ4n) is 4.40. The summed E-state index contributed by atoms with van der Waals surface area (Å²) in [4.78, 5) is 39.0. The zero-order valence-corrected chi connectivity index (χ0v) is 15.9. The lowest BCUT2D eigenvalue weighted by atomic mass is 9.81. The SMILES string of the molecule is CC(C(=O)NCCc1ccc(N)cc1)N1C(=O)C2C3CCC(O3)C2C1=O.Cl. The smallest absolute Gasteiger partial charge is 0.243 e. The average molecular weight is 394 g/mol. The Morgan fingerprint density at radius 2 is 1.74 bits per heavy atom. The summed E-state index contributed by atoms with van der Waals surface area (Å²) in [5, 5.41) is 2.82. The summed E-state index contributed by atoms with van der Waals surface area (Å²) >= 11 is 0. The van der Waals surface area contributed by atoms with Crippen molar-refractivity contribution < 1.29 is 19.1 Å². The van der Waals surface area contributed by atoms with E-state index in [2.05, 4.69) is 5.32 Å². The van der Waals surface area contributed by atoms with E-state index >= 15 is 0 Å². The second-order valence-electron chi connectivity index (χ2n) is 7.35.